The zero-order valence-corrected chi connectivity index (χ0v) is 11.3. The molecule has 2 aromatic rings. The SMILES string of the molecule is COc1ccc(-c2ccc(C(=O)O)cc2O)cc1C(F)(F)F. The maximum atomic E-state index is 13.0. The second-order valence-corrected chi connectivity index (χ2v) is 4.45. The maximum Gasteiger partial charge on any atom is 0.419 e. The number of aromatic carboxylic acids is 1. The van der Waals surface area contributed by atoms with E-state index in [1.54, 1.807) is 0 Å². The molecule has 0 spiro atoms. The van der Waals surface area contributed by atoms with Crippen LogP contribution in [0.3, 0.4) is 0 Å². The van der Waals surface area contributed by atoms with Crippen LogP contribution >= 0.6 is 0 Å². The number of hydrogen-bond donors (Lipinski definition) is 2. The molecule has 0 bridgehead atoms. The third-order valence-electron chi connectivity index (χ3n) is 3.06. The Kier molecular flexibility index (Phi) is 3.99. The van der Waals surface area contributed by atoms with E-state index in [0.717, 1.165) is 25.3 Å². The summed E-state index contributed by atoms with van der Waals surface area (Å²) in [6, 6.07) is 6.77. The number of benzene rings is 2. The highest BCUT2D eigenvalue weighted by Crippen LogP contribution is 2.40. The van der Waals surface area contributed by atoms with Gasteiger partial charge >= 0.3 is 12.1 Å². The first-order valence-corrected chi connectivity index (χ1v) is 6.06. The van der Waals surface area contributed by atoms with E-state index in [0.29, 0.717) is 0 Å². The van der Waals surface area contributed by atoms with Gasteiger partial charge in [0.1, 0.15) is 11.5 Å². The molecule has 4 nitrogen and oxygen atoms in total. The van der Waals surface area contributed by atoms with Crippen molar-refractivity contribution in [2.75, 3.05) is 7.11 Å². The summed E-state index contributed by atoms with van der Waals surface area (Å²) in [5, 5.41) is 18.7. The first kappa shape index (κ1) is 15.7. The van der Waals surface area contributed by atoms with Crippen LogP contribution < -0.4 is 4.74 Å². The summed E-state index contributed by atoms with van der Waals surface area (Å²) in [6.07, 6.45) is -4.61. The van der Waals surface area contributed by atoms with E-state index in [1.807, 2.05) is 0 Å². The summed E-state index contributed by atoms with van der Waals surface area (Å²) in [4.78, 5) is 10.8. The lowest BCUT2D eigenvalue weighted by Gasteiger charge is -2.14. The third kappa shape index (κ3) is 2.98. The number of hydrogen-bond acceptors (Lipinski definition) is 3. The average molecular weight is 312 g/mol. The van der Waals surface area contributed by atoms with E-state index in [2.05, 4.69) is 4.74 Å². The summed E-state index contributed by atoms with van der Waals surface area (Å²) in [6.45, 7) is 0. The number of ether oxygens (including phenoxy) is 1. The number of alkyl halides is 3. The fourth-order valence-electron chi connectivity index (χ4n) is 2.01. The van der Waals surface area contributed by atoms with Crippen LogP contribution in [0.5, 0.6) is 11.5 Å². The monoisotopic (exact) mass is 312 g/mol. The van der Waals surface area contributed by atoms with Crippen molar-refractivity contribution < 1.29 is 32.9 Å². The lowest BCUT2D eigenvalue weighted by atomic mass is 10.00. The summed E-state index contributed by atoms with van der Waals surface area (Å²) in [5.74, 6) is -2.00. The van der Waals surface area contributed by atoms with Gasteiger partial charge in [0.25, 0.3) is 0 Å². The summed E-state index contributed by atoms with van der Waals surface area (Å²) in [7, 11) is 1.13. The minimum atomic E-state index is -4.61. The molecule has 116 valence electrons. The highest BCUT2D eigenvalue weighted by atomic mass is 19.4. The van der Waals surface area contributed by atoms with E-state index in [9.17, 15) is 23.1 Å². The van der Waals surface area contributed by atoms with Crippen LogP contribution in [0.1, 0.15) is 15.9 Å². The molecular formula is C15H11F3O4. The van der Waals surface area contributed by atoms with Crippen molar-refractivity contribution in [3.8, 4) is 22.6 Å². The number of aromatic hydroxyl groups is 1. The minimum Gasteiger partial charge on any atom is -0.507 e. The van der Waals surface area contributed by atoms with Crippen molar-refractivity contribution in [3.63, 3.8) is 0 Å². The Morgan fingerprint density at radius 3 is 2.32 bits per heavy atom. The topological polar surface area (TPSA) is 66.8 Å². The van der Waals surface area contributed by atoms with Crippen molar-refractivity contribution in [2.45, 2.75) is 6.18 Å². The van der Waals surface area contributed by atoms with Gasteiger partial charge in [-0.2, -0.15) is 13.2 Å². The van der Waals surface area contributed by atoms with E-state index in [-0.39, 0.29) is 22.4 Å². The standard InChI is InChI=1S/C15H11F3O4/c1-22-13-5-3-8(6-11(13)15(16,17)18)10-4-2-9(14(20)21)7-12(10)19/h2-7,19H,1H3,(H,20,21). The van der Waals surface area contributed by atoms with Gasteiger partial charge in [-0.15, -0.1) is 0 Å². The molecule has 0 fully saturated rings. The molecular weight excluding hydrogens is 301 g/mol. The fraction of sp³-hybridized carbons (Fsp3) is 0.133. The van der Waals surface area contributed by atoms with Gasteiger partial charge in [-0.25, -0.2) is 4.79 Å². The molecule has 0 aliphatic carbocycles. The number of carbonyl (C=O) groups is 1. The van der Waals surface area contributed by atoms with Crippen LogP contribution in [0.15, 0.2) is 36.4 Å². The lowest BCUT2D eigenvalue weighted by molar-refractivity contribution is -0.138. The number of phenols is 1. The number of rotatable bonds is 3. The molecule has 0 aromatic heterocycles. The van der Waals surface area contributed by atoms with Crippen LogP contribution in [-0.4, -0.2) is 23.3 Å². The molecule has 7 heteroatoms. The van der Waals surface area contributed by atoms with Gasteiger partial charge < -0.3 is 14.9 Å². The molecule has 2 N–H and O–H groups in total. The zero-order valence-electron chi connectivity index (χ0n) is 11.3. The van der Waals surface area contributed by atoms with E-state index < -0.39 is 23.5 Å². The van der Waals surface area contributed by atoms with Gasteiger partial charge in [-0.1, -0.05) is 6.07 Å². The first-order valence-electron chi connectivity index (χ1n) is 6.06. The normalized spacial score (nSPS) is 11.3. The molecule has 0 amide bonds. The van der Waals surface area contributed by atoms with Crippen molar-refractivity contribution in [3.05, 3.63) is 47.5 Å². The van der Waals surface area contributed by atoms with Crippen molar-refractivity contribution >= 4 is 5.97 Å². The predicted molar refractivity (Wildman–Crippen MR) is 72.1 cm³/mol. The molecule has 0 saturated carbocycles. The molecule has 2 aromatic carbocycles. The molecule has 0 radical (unpaired) electrons. The second kappa shape index (κ2) is 5.59. The van der Waals surface area contributed by atoms with Crippen molar-refractivity contribution in [1.82, 2.24) is 0 Å². The van der Waals surface area contributed by atoms with Gasteiger partial charge in [0, 0.05) is 5.56 Å². The van der Waals surface area contributed by atoms with Crippen LogP contribution in [0.2, 0.25) is 0 Å². The first-order chi connectivity index (χ1) is 10.2. The number of phenolic OH excluding ortho intramolecular Hbond substituents is 1. The summed E-state index contributed by atoms with van der Waals surface area (Å²) >= 11 is 0. The Bertz CT molecular complexity index is 723. The van der Waals surface area contributed by atoms with E-state index in [1.165, 1.54) is 18.2 Å². The third-order valence-corrected chi connectivity index (χ3v) is 3.06. The molecule has 0 aliphatic rings. The Labute approximate surface area is 123 Å². The molecule has 2 rings (SSSR count). The van der Waals surface area contributed by atoms with E-state index in [4.69, 9.17) is 5.11 Å². The van der Waals surface area contributed by atoms with Crippen molar-refractivity contribution in [1.29, 1.82) is 0 Å². The van der Waals surface area contributed by atoms with Gasteiger partial charge in [0.05, 0.1) is 18.2 Å². The zero-order chi connectivity index (χ0) is 16.5. The highest BCUT2D eigenvalue weighted by molar-refractivity contribution is 5.89. The van der Waals surface area contributed by atoms with Gasteiger partial charge in [0.15, 0.2) is 0 Å². The predicted octanol–water partition coefficient (Wildman–Crippen LogP) is 3.78. The Hall–Kier alpha value is -2.70. The number of carboxylic acid groups (broad SMARTS) is 1. The van der Waals surface area contributed by atoms with Crippen LogP contribution in [0.4, 0.5) is 13.2 Å². The molecule has 0 atom stereocenters. The lowest BCUT2D eigenvalue weighted by Crippen LogP contribution is -2.07. The van der Waals surface area contributed by atoms with Crippen LogP contribution in [0.25, 0.3) is 11.1 Å². The largest absolute Gasteiger partial charge is 0.507 e. The Morgan fingerprint density at radius 1 is 1.14 bits per heavy atom. The Morgan fingerprint density at radius 2 is 1.82 bits per heavy atom. The van der Waals surface area contributed by atoms with E-state index >= 15 is 0 Å². The second-order valence-electron chi connectivity index (χ2n) is 4.45. The molecule has 0 saturated heterocycles. The van der Waals surface area contributed by atoms with Crippen molar-refractivity contribution in [2.24, 2.45) is 0 Å². The summed E-state index contributed by atoms with van der Waals surface area (Å²) < 4.78 is 43.6. The van der Waals surface area contributed by atoms with Gasteiger partial charge in [0.2, 0.25) is 0 Å². The number of methoxy groups -OCH3 is 1. The van der Waals surface area contributed by atoms with Gasteiger partial charge in [-0.05, 0) is 35.9 Å². The number of halogens is 3. The molecule has 22 heavy (non-hydrogen) atoms. The van der Waals surface area contributed by atoms with Crippen LogP contribution in [0, 0.1) is 0 Å². The van der Waals surface area contributed by atoms with Gasteiger partial charge in [-0.3, -0.25) is 0 Å². The molecule has 0 aliphatic heterocycles. The highest BCUT2D eigenvalue weighted by Gasteiger charge is 2.34. The molecule has 0 unspecified atom stereocenters. The molecule has 0 heterocycles. The number of carboxylic acids is 1. The maximum absolute atomic E-state index is 13.0. The fourth-order valence-corrected chi connectivity index (χ4v) is 2.01. The Balaban J connectivity index is 2.56. The minimum absolute atomic E-state index is 0.0955. The smallest absolute Gasteiger partial charge is 0.419 e. The quantitative estimate of drug-likeness (QED) is 0.905. The average Bonchev–Trinajstić information content (AvgIpc) is 2.45. The van der Waals surface area contributed by atoms with Crippen LogP contribution in [-0.2, 0) is 6.18 Å². The summed E-state index contributed by atoms with van der Waals surface area (Å²) in [5.41, 5.74) is -0.944.